The summed E-state index contributed by atoms with van der Waals surface area (Å²) in [6, 6.07) is 2.67. The number of halogens is 2. The zero-order valence-electron chi connectivity index (χ0n) is 9.93. The summed E-state index contributed by atoms with van der Waals surface area (Å²) >= 11 is 11.6. The predicted molar refractivity (Wildman–Crippen MR) is 73.7 cm³/mol. The molecule has 0 aliphatic rings. The number of aromatic nitrogens is 2. The Balaban J connectivity index is 2.23. The molecule has 8 heteroatoms. The topological polar surface area (TPSA) is 73.0 Å². The molecule has 0 spiro atoms. The second-order valence-electron chi connectivity index (χ2n) is 3.92. The highest BCUT2D eigenvalue weighted by Gasteiger charge is 2.16. The average molecular weight is 301 g/mol. The quantitative estimate of drug-likeness (QED) is 0.695. The summed E-state index contributed by atoms with van der Waals surface area (Å²) in [6.45, 7) is 0.409. The number of rotatable bonds is 4. The maximum atomic E-state index is 10.9. The third kappa shape index (κ3) is 3.15. The Morgan fingerprint density at radius 1 is 1.42 bits per heavy atom. The van der Waals surface area contributed by atoms with Crippen LogP contribution < -0.4 is 5.32 Å². The van der Waals surface area contributed by atoms with Crippen LogP contribution in [0.2, 0.25) is 10.0 Å². The van der Waals surface area contributed by atoms with E-state index in [0.717, 1.165) is 5.56 Å². The van der Waals surface area contributed by atoms with Crippen LogP contribution in [0.3, 0.4) is 0 Å². The molecule has 0 atom stereocenters. The fourth-order valence-corrected chi connectivity index (χ4v) is 1.91. The van der Waals surface area contributed by atoms with Gasteiger partial charge in [0.2, 0.25) is 0 Å². The first kappa shape index (κ1) is 13.6. The molecule has 2 rings (SSSR count). The SMILES string of the molecule is Cn1cc(CNc2cc(Cl)c(Cl)cc2[N+](=O)[O-])cn1. The minimum absolute atomic E-state index is 0.113. The third-order valence-corrected chi connectivity index (χ3v) is 3.20. The Kier molecular flexibility index (Phi) is 3.92. The van der Waals surface area contributed by atoms with E-state index in [9.17, 15) is 10.1 Å². The molecule has 1 aromatic carbocycles. The first-order chi connectivity index (χ1) is 8.97. The lowest BCUT2D eigenvalue weighted by atomic mass is 10.2. The Hall–Kier alpha value is -1.79. The van der Waals surface area contributed by atoms with Gasteiger partial charge in [-0.3, -0.25) is 14.8 Å². The highest BCUT2D eigenvalue weighted by molar-refractivity contribution is 6.42. The van der Waals surface area contributed by atoms with Crippen molar-refractivity contribution in [2.75, 3.05) is 5.32 Å². The molecule has 0 saturated carbocycles. The zero-order valence-corrected chi connectivity index (χ0v) is 11.4. The average Bonchev–Trinajstić information content (AvgIpc) is 2.76. The van der Waals surface area contributed by atoms with Gasteiger partial charge in [0.25, 0.3) is 5.69 Å². The largest absolute Gasteiger partial charge is 0.375 e. The van der Waals surface area contributed by atoms with Crippen molar-refractivity contribution >= 4 is 34.6 Å². The molecular weight excluding hydrogens is 291 g/mol. The smallest absolute Gasteiger partial charge is 0.293 e. The predicted octanol–water partition coefficient (Wildman–Crippen LogP) is 3.25. The van der Waals surface area contributed by atoms with Gasteiger partial charge in [-0.2, -0.15) is 5.10 Å². The van der Waals surface area contributed by atoms with Crippen molar-refractivity contribution in [2.24, 2.45) is 7.05 Å². The number of nitrogens with one attached hydrogen (secondary N) is 1. The molecule has 0 saturated heterocycles. The number of benzene rings is 1. The molecule has 1 heterocycles. The zero-order chi connectivity index (χ0) is 14.0. The second kappa shape index (κ2) is 5.46. The van der Waals surface area contributed by atoms with E-state index in [1.807, 2.05) is 6.20 Å². The van der Waals surface area contributed by atoms with Gasteiger partial charge in [-0.05, 0) is 6.07 Å². The van der Waals surface area contributed by atoms with Gasteiger partial charge in [0.05, 0.1) is 21.2 Å². The minimum atomic E-state index is -0.506. The van der Waals surface area contributed by atoms with Gasteiger partial charge in [0, 0.05) is 31.4 Å². The molecule has 1 aromatic heterocycles. The van der Waals surface area contributed by atoms with Crippen molar-refractivity contribution in [3.63, 3.8) is 0 Å². The third-order valence-electron chi connectivity index (χ3n) is 2.48. The van der Waals surface area contributed by atoms with Gasteiger partial charge in [0.15, 0.2) is 0 Å². The van der Waals surface area contributed by atoms with Crippen LogP contribution in [0.5, 0.6) is 0 Å². The fourth-order valence-electron chi connectivity index (χ4n) is 1.59. The minimum Gasteiger partial charge on any atom is -0.375 e. The Bertz CT molecular complexity index is 627. The van der Waals surface area contributed by atoms with Crippen LogP contribution in [0.1, 0.15) is 5.56 Å². The maximum absolute atomic E-state index is 10.9. The number of anilines is 1. The van der Waals surface area contributed by atoms with Crippen molar-refractivity contribution in [2.45, 2.75) is 6.54 Å². The number of nitro groups is 1. The number of hydrogen-bond donors (Lipinski definition) is 1. The van der Waals surface area contributed by atoms with Crippen molar-refractivity contribution < 1.29 is 4.92 Å². The number of nitro benzene ring substituents is 1. The van der Waals surface area contributed by atoms with Crippen LogP contribution in [0.15, 0.2) is 24.5 Å². The molecule has 2 aromatic rings. The molecule has 0 aliphatic heterocycles. The first-order valence-corrected chi connectivity index (χ1v) is 6.08. The van der Waals surface area contributed by atoms with Gasteiger partial charge in [0.1, 0.15) is 5.69 Å². The van der Waals surface area contributed by atoms with Crippen LogP contribution in [-0.4, -0.2) is 14.7 Å². The van der Waals surface area contributed by atoms with Gasteiger partial charge in [-0.15, -0.1) is 0 Å². The van der Waals surface area contributed by atoms with Gasteiger partial charge >= 0.3 is 0 Å². The van der Waals surface area contributed by atoms with Gasteiger partial charge in [-0.25, -0.2) is 0 Å². The standard InChI is InChI=1S/C11H10Cl2N4O2/c1-16-6-7(5-15-16)4-14-10-2-8(12)9(13)3-11(10)17(18)19/h2-3,5-6,14H,4H2,1H3. The molecule has 0 fully saturated rings. The monoisotopic (exact) mass is 300 g/mol. The normalized spacial score (nSPS) is 10.5. The lowest BCUT2D eigenvalue weighted by Crippen LogP contribution is -2.02. The van der Waals surface area contributed by atoms with Crippen LogP contribution in [-0.2, 0) is 13.6 Å². The number of nitrogens with zero attached hydrogens (tertiary/aromatic N) is 3. The van der Waals surface area contributed by atoms with Crippen molar-refractivity contribution in [1.29, 1.82) is 0 Å². The molecule has 100 valence electrons. The van der Waals surface area contributed by atoms with Crippen molar-refractivity contribution in [3.05, 3.63) is 50.2 Å². The molecule has 0 radical (unpaired) electrons. The lowest BCUT2D eigenvalue weighted by molar-refractivity contribution is -0.383. The summed E-state index contributed by atoms with van der Waals surface area (Å²) in [5.74, 6) is 0. The van der Waals surface area contributed by atoms with Crippen LogP contribution in [0, 0.1) is 10.1 Å². The summed E-state index contributed by atoms with van der Waals surface area (Å²) in [5, 5.41) is 18.3. The molecule has 19 heavy (non-hydrogen) atoms. The Morgan fingerprint density at radius 3 is 2.68 bits per heavy atom. The Morgan fingerprint density at radius 2 is 2.11 bits per heavy atom. The first-order valence-electron chi connectivity index (χ1n) is 5.32. The van der Waals surface area contributed by atoms with E-state index in [-0.39, 0.29) is 15.7 Å². The van der Waals surface area contributed by atoms with E-state index in [2.05, 4.69) is 10.4 Å². The van der Waals surface area contributed by atoms with E-state index in [1.165, 1.54) is 12.1 Å². The molecular formula is C11H10Cl2N4O2. The van der Waals surface area contributed by atoms with E-state index >= 15 is 0 Å². The highest BCUT2D eigenvalue weighted by atomic mass is 35.5. The van der Waals surface area contributed by atoms with E-state index in [0.29, 0.717) is 12.2 Å². The summed E-state index contributed by atoms with van der Waals surface area (Å²) < 4.78 is 1.65. The van der Waals surface area contributed by atoms with Crippen LogP contribution in [0.4, 0.5) is 11.4 Å². The van der Waals surface area contributed by atoms with Crippen LogP contribution >= 0.6 is 23.2 Å². The maximum Gasteiger partial charge on any atom is 0.293 e. The summed E-state index contributed by atoms with van der Waals surface area (Å²) in [6.07, 6.45) is 3.49. The molecule has 6 nitrogen and oxygen atoms in total. The lowest BCUT2D eigenvalue weighted by Gasteiger charge is -2.07. The summed E-state index contributed by atoms with van der Waals surface area (Å²) in [4.78, 5) is 10.4. The van der Waals surface area contributed by atoms with Gasteiger partial charge < -0.3 is 5.32 Å². The Labute approximate surface area is 119 Å². The fraction of sp³-hybridized carbons (Fsp3) is 0.182. The summed E-state index contributed by atoms with van der Waals surface area (Å²) in [7, 11) is 1.80. The number of aryl methyl sites for hydroxylation is 1. The highest BCUT2D eigenvalue weighted by Crippen LogP contribution is 2.34. The van der Waals surface area contributed by atoms with E-state index in [4.69, 9.17) is 23.2 Å². The molecule has 0 bridgehead atoms. The molecule has 0 aliphatic carbocycles. The second-order valence-corrected chi connectivity index (χ2v) is 4.73. The molecule has 0 unspecified atom stereocenters. The van der Waals surface area contributed by atoms with Crippen LogP contribution in [0.25, 0.3) is 0 Å². The van der Waals surface area contributed by atoms with E-state index in [1.54, 1.807) is 17.9 Å². The molecule has 0 amide bonds. The van der Waals surface area contributed by atoms with Gasteiger partial charge in [-0.1, -0.05) is 23.2 Å². The van der Waals surface area contributed by atoms with Crippen molar-refractivity contribution in [3.8, 4) is 0 Å². The molecule has 1 N–H and O–H groups in total. The van der Waals surface area contributed by atoms with E-state index < -0.39 is 4.92 Å². The summed E-state index contributed by atoms with van der Waals surface area (Å²) in [5.41, 5.74) is 1.12. The number of hydrogen-bond acceptors (Lipinski definition) is 4. The van der Waals surface area contributed by atoms with Crippen molar-refractivity contribution in [1.82, 2.24) is 9.78 Å².